The minimum atomic E-state index is -3.61. The van der Waals surface area contributed by atoms with Crippen LogP contribution in [0.1, 0.15) is 58.7 Å². The fourth-order valence-electron chi connectivity index (χ4n) is 3.77. The van der Waals surface area contributed by atoms with Gasteiger partial charge in [-0.25, -0.2) is 8.42 Å². The number of nitrogens with zero attached hydrogens (tertiary/aromatic N) is 1. The SMILES string of the molecule is CC(C)=O.CCOc1cc([C@@H](CS(C)(=O)=O)N2C(=O)c3cccc(CC(N)=O)c3C2=O)ccc1OC. The molecule has 11 heteroatoms. The third-order valence-corrected chi connectivity index (χ3v) is 5.96. The van der Waals surface area contributed by atoms with E-state index in [2.05, 4.69) is 0 Å². The second-order valence-corrected chi connectivity index (χ2v) is 10.5. The second-order valence-electron chi connectivity index (χ2n) is 8.32. The van der Waals surface area contributed by atoms with Gasteiger partial charge in [-0.2, -0.15) is 0 Å². The molecule has 1 atom stereocenters. The Morgan fingerprint density at radius 3 is 2.22 bits per heavy atom. The average Bonchev–Trinajstić information content (AvgIpc) is 3.02. The second kappa shape index (κ2) is 11.8. The van der Waals surface area contributed by atoms with Gasteiger partial charge in [0.25, 0.3) is 11.8 Å². The Morgan fingerprint density at radius 1 is 1.06 bits per heavy atom. The summed E-state index contributed by atoms with van der Waals surface area (Å²) in [7, 11) is -2.14. The highest BCUT2D eigenvalue weighted by Crippen LogP contribution is 2.37. The molecular weight excluding hydrogens is 488 g/mol. The molecule has 0 saturated carbocycles. The van der Waals surface area contributed by atoms with E-state index >= 15 is 0 Å². The molecular formula is C25H30N2O8S. The van der Waals surface area contributed by atoms with Crippen LogP contribution in [0.15, 0.2) is 36.4 Å². The number of amides is 3. The first kappa shape index (κ1) is 28.5. The normalized spacial score (nSPS) is 13.4. The molecule has 0 aliphatic carbocycles. The van der Waals surface area contributed by atoms with Crippen LogP contribution in [0.25, 0.3) is 0 Å². The molecule has 1 aliphatic heterocycles. The number of ether oxygens (including phenoxy) is 2. The quantitative estimate of drug-likeness (QED) is 0.496. The van der Waals surface area contributed by atoms with Crippen molar-refractivity contribution in [3.63, 3.8) is 0 Å². The first-order valence-corrected chi connectivity index (χ1v) is 13.1. The van der Waals surface area contributed by atoms with Crippen LogP contribution in [0, 0.1) is 0 Å². The van der Waals surface area contributed by atoms with Crippen LogP contribution < -0.4 is 15.2 Å². The number of carbonyl (C=O) groups excluding carboxylic acids is 4. The Hall–Kier alpha value is -3.73. The Kier molecular flexibility index (Phi) is 9.35. The van der Waals surface area contributed by atoms with Crippen LogP contribution >= 0.6 is 0 Å². The molecule has 10 nitrogen and oxygen atoms in total. The summed E-state index contributed by atoms with van der Waals surface area (Å²) in [6, 6.07) is 8.20. The van der Waals surface area contributed by atoms with Crippen molar-refractivity contribution in [3.8, 4) is 11.5 Å². The number of primary amides is 1. The van der Waals surface area contributed by atoms with Gasteiger partial charge in [-0.05, 0) is 50.1 Å². The zero-order valence-electron chi connectivity index (χ0n) is 20.9. The minimum Gasteiger partial charge on any atom is -0.493 e. The summed E-state index contributed by atoms with van der Waals surface area (Å²) < 4.78 is 35.3. The van der Waals surface area contributed by atoms with Crippen LogP contribution in [0.2, 0.25) is 0 Å². The van der Waals surface area contributed by atoms with Crippen molar-refractivity contribution in [2.75, 3.05) is 25.7 Å². The van der Waals surface area contributed by atoms with Crippen molar-refractivity contribution in [3.05, 3.63) is 58.7 Å². The molecule has 2 N–H and O–H groups in total. The van der Waals surface area contributed by atoms with Gasteiger partial charge in [-0.3, -0.25) is 19.3 Å². The molecule has 0 radical (unpaired) electrons. The van der Waals surface area contributed by atoms with E-state index in [0.29, 0.717) is 29.2 Å². The summed E-state index contributed by atoms with van der Waals surface area (Å²) in [5.74, 6) is -1.50. The molecule has 0 aromatic heterocycles. The van der Waals surface area contributed by atoms with E-state index in [1.807, 2.05) is 0 Å². The van der Waals surface area contributed by atoms with Crippen LogP contribution in [-0.4, -0.2) is 62.5 Å². The van der Waals surface area contributed by atoms with Crippen LogP contribution in [0.3, 0.4) is 0 Å². The molecule has 0 bridgehead atoms. The molecule has 1 heterocycles. The summed E-state index contributed by atoms with van der Waals surface area (Å²) in [6.45, 7) is 5.17. The summed E-state index contributed by atoms with van der Waals surface area (Å²) in [5, 5.41) is 0. The Bertz CT molecular complexity index is 1280. The molecule has 0 saturated heterocycles. The molecule has 3 amide bonds. The number of fused-ring (bicyclic) bond motifs is 1. The minimum absolute atomic E-state index is 0.0633. The van der Waals surface area contributed by atoms with Gasteiger partial charge >= 0.3 is 0 Å². The van der Waals surface area contributed by atoms with E-state index in [4.69, 9.17) is 15.2 Å². The zero-order chi connectivity index (χ0) is 27.2. The standard InChI is InChI=1S/C22H24N2O7S.C3H6O/c1-4-31-18-10-13(8-9-17(18)30-2)16(12-32(3,28)29)24-21(26)15-7-5-6-14(11-19(23)25)20(15)22(24)27;1-3(2)4/h5-10,16H,4,11-12H2,1-3H3,(H2,23,25);1-2H3/t16-;/m1./s1. The lowest BCUT2D eigenvalue weighted by Gasteiger charge is -2.27. The van der Waals surface area contributed by atoms with E-state index < -0.39 is 39.4 Å². The van der Waals surface area contributed by atoms with E-state index in [1.165, 1.54) is 27.0 Å². The number of sulfone groups is 1. The number of rotatable bonds is 9. The van der Waals surface area contributed by atoms with Crippen LogP contribution in [0.4, 0.5) is 0 Å². The lowest BCUT2D eigenvalue weighted by atomic mass is 10.0. The molecule has 3 rings (SSSR count). The monoisotopic (exact) mass is 518 g/mol. The summed E-state index contributed by atoms with van der Waals surface area (Å²) in [5.41, 5.74) is 6.16. The van der Waals surface area contributed by atoms with E-state index in [9.17, 15) is 27.6 Å². The molecule has 0 spiro atoms. The number of ketones is 1. The van der Waals surface area contributed by atoms with Crippen molar-refractivity contribution >= 4 is 33.3 Å². The number of carbonyl (C=O) groups is 4. The van der Waals surface area contributed by atoms with Crippen molar-refractivity contribution < 1.29 is 37.1 Å². The number of Topliss-reactive ketones (excluding diaryl/α,β-unsaturated/α-hetero) is 1. The van der Waals surface area contributed by atoms with Gasteiger partial charge in [0.05, 0.1) is 43.1 Å². The van der Waals surface area contributed by atoms with E-state index in [1.54, 1.807) is 37.3 Å². The zero-order valence-corrected chi connectivity index (χ0v) is 21.7. The maximum absolute atomic E-state index is 13.3. The predicted octanol–water partition coefficient (Wildman–Crippen LogP) is 2.10. The van der Waals surface area contributed by atoms with Crippen LogP contribution in [-0.2, 0) is 25.8 Å². The molecule has 0 unspecified atom stereocenters. The van der Waals surface area contributed by atoms with Gasteiger partial charge in [0, 0.05) is 6.26 Å². The highest BCUT2D eigenvalue weighted by Gasteiger charge is 2.43. The number of hydrogen-bond acceptors (Lipinski definition) is 8. The molecule has 2 aromatic carbocycles. The van der Waals surface area contributed by atoms with Crippen molar-refractivity contribution in [1.29, 1.82) is 0 Å². The largest absolute Gasteiger partial charge is 0.493 e. The number of methoxy groups -OCH3 is 1. The first-order chi connectivity index (χ1) is 16.8. The van der Waals surface area contributed by atoms with Gasteiger partial charge in [0.15, 0.2) is 11.5 Å². The van der Waals surface area contributed by atoms with Crippen molar-refractivity contribution in [2.45, 2.75) is 33.2 Å². The van der Waals surface area contributed by atoms with Crippen LogP contribution in [0.5, 0.6) is 11.5 Å². The average molecular weight is 519 g/mol. The Balaban J connectivity index is 0.00000106. The first-order valence-electron chi connectivity index (χ1n) is 11.0. The highest BCUT2D eigenvalue weighted by molar-refractivity contribution is 7.90. The molecule has 36 heavy (non-hydrogen) atoms. The van der Waals surface area contributed by atoms with Gasteiger partial charge in [-0.1, -0.05) is 18.2 Å². The smallest absolute Gasteiger partial charge is 0.262 e. The number of benzene rings is 2. The van der Waals surface area contributed by atoms with E-state index in [0.717, 1.165) is 11.2 Å². The predicted molar refractivity (Wildman–Crippen MR) is 133 cm³/mol. The topological polar surface area (TPSA) is 150 Å². The van der Waals surface area contributed by atoms with Crippen molar-refractivity contribution in [2.24, 2.45) is 5.73 Å². The number of hydrogen-bond donors (Lipinski definition) is 1. The van der Waals surface area contributed by atoms with Crippen molar-refractivity contribution in [1.82, 2.24) is 4.90 Å². The fourth-order valence-corrected chi connectivity index (χ4v) is 4.68. The third kappa shape index (κ3) is 6.91. The summed E-state index contributed by atoms with van der Waals surface area (Å²) in [6.07, 6.45) is 0.813. The molecule has 0 fully saturated rings. The molecule has 194 valence electrons. The molecule has 2 aromatic rings. The van der Waals surface area contributed by atoms with E-state index in [-0.39, 0.29) is 23.3 Å². The van der Waals surface area contributed by atoms with Gasteiger partial charge in [0.2, 0.25) is 5.91 Å². The molecule has 1 aliphatic rings. The third-order valence-electron chi connectivity index (χ3n) is 5.04. The number of nitrogens with two attached hydrogens (primary N) is 1. The summed E-state index contributed by atoms with van der Waals surface area (Å²) in [4.78, 5) is 48.4. The lowest BCUT2D eigenvalue weighted by molar-refractivity contribution is -0.117. The van der Waals surface area contributed by atoms with Gasteiger partial charge < -0.3 is 20.0 Å². The maximum atomic E-state index is 13.3. The maximum Gasteiger partial charge on any atom is 0.262 e. The fraction of sp³-hybridized carbons (Fsp3) is 0.360. The lowest BCUT2D eigenvalue weighted by Crippen LogP contribution is -2.38. The summed E-state index contributed by atoms with van der Waals surface area (Å²) >= 11 is 0. The Morgan fingerprint density at radius 2 is 1.69 bits per heavy atom. The highest BCUT2D eigenvalue weighted by atomic mass is 32.2. The van der Waals surface area contributed by atoms with Gasteiger partial charge in [0.1, 0.15) is 15.6 Å². The Labute approximate surface area is 210 Å². The van der Waals surface area contributed by atoms with Gasteiger partial charge in [-0.15, -0.1) is 0 Å². The number of imide groups is 1.